The van der Waals surface area contributed by atoms with Gasteiger partial charge in [0.1, 0.15) is 11.4 Å². The third kappa shape index (κ3) is 7.14. The molecule has 0 aliphatic rings. The number of rotatable bonds is 7. The zero-order valence-corrected chi connectivity index (χ0v) is 21.3. The van der Waals surface area contributed by atoms with Crippen molar-refractivity contribution in [1.29, 1.82) is 0 Å². The Morgan fingerprint density at radius 3 is 2.70 bits per heavy atom. The van der Waals surface area contributed by atoms with Crippen molar-refractivity contribution in [3.63, 3.8) is 0 Å². The van der Waals surface area contributed by atoms with Crippen LogP contribution >= 0.6 is 0 Å². The van der Waals surface area contributed by atoms with Crippen LogP contribution in [-0.4, -0.2) is 46.4 Å². The van der Waals surface area contributed by atoms with Gasteiger partial charge in [-0.15, -0.1) is 0 Å². The van der Waals surface area contributed by atoms with Crippen LogP contribution in [0.15, 0.2) is 66.4 Å². The first-order valence-electron chi connectivity index (χ1n) is 11.8. The number of H-pyrrole nitrogens is 1. The number of guanidine groups is 1. The molecule has 2 heterocycles. The summed E-state index contributed by atoms with van der Waals surface area (Å²) in [6.45, 7) is 9.48. The molecule has 4 rings (SSSR count). The highest BCUT2D eigenvalue weighted by molar-refractivity contribution is 6.04. The Morgan fingerprint density at radius 1 is 1.22 bits per heavy atom. The summed E-state index contributed by atoms with van der Waals surface area (Å²) in [5, 5.41) is 9.58. The van der Waals surface area contributed by atoms with Crippen LogP contribution in [-0.2, 0) is 4.79 Å². The van der Waals surface area contributed by atoms with Crippen molar-refractivity contribution in [2.24, 2.45) is 4.99 Å². The highest BCUT2D eigenvalue weighted by Crippen LogP contribution is 2.23. The average molecular weight is 502 g/mol. The molecule has 2 amide bonds. The largest absolute Gasteiger partial charge is 0.491 e. The van der Waals surface area contributed by atoms with Crippen LogP contribution in [0.4, 0.5) is 5.95 Å². The molecule has 37 heavy (non-hydrogen) atoms. The minimum Gasteiger partial charge on any atom is -0.491 e. The maximum atomic E-state index is 12.7. The molecule has 0 saturated heterocycles. The molecular weight excluding hydrogens is 470 g/mol. The predicted octanol–water partition coefficient (Wildman–Crippen LogP) is 4.30. The second-order valence-electron chi connectivity index (χ2n) is 8.11. The number of amides is 2. The number of hydrogen-bond acceptors (Lipinski definition) is 6. The van der Waals surface area contributed by atoms with E-state index in [1.54, 1.807) is 19.3 Å². The smallest absolute Gasteiger partial charge is 0.276 e. The normalized spacial score (nSPS) is 11.7. The number of imidazole rings is 1. The van der Waals surface area contributed by atoms with Gasteiger partial charge < -0.3 is 15.0 Å². The van der Waals surface area contributed by atoms with Gasteiger partial charge in [-0.2, -0.15) is 0 Å². The Labute approximate surface area is 215 Å². The molecule has 2 aromatic carbocycles. The third-order valence-electron chi connectivity index (χ3n) is 5.44. The summed E-state index contributed by atoms with van der Waals surface area (Å²) in [6.07, 6.45) is 4.73. The van der Waals surface area contributed by atoms with E-state index >= 15 is 0 Å². The van der Waals surface area contributed by atoms with Gasteiger partial charge in [-0.3, -0.25) is 30.2 Å². The van der Waals surface area contributed by atoms with Gasteiger partial charge >= 0.3 is 0 Å². The SMILES string of the molecule is C=CNC(=NC)NC=O.CCC(C)Oc1ccc2cnc(C(=O)Nc3nc4c(C)cccc4[nH]3)cc2c1. The second-order valence-corrected chi connectivity index (χ2v) is 8.11. The summed E-state index contributed by atoms with van der Waals surface area (Å²) in [4.78, 5) is 38.0. The Bertz CT molecular complexity index is 1420. The highest BCUT2D eigenvalue weighted by Gasteiger charge is 2.13. The van der Waals surface area contributed by atoms with Gasteiger partial charge in [0.2, 0.25) is 18.3 Å². The predicted molar refractivity (Wildman–Crippen MR) is 147 cm³/mol. The van der Waals surface area contributed by atoms with Crippen molar-refractivity contribution >= 4 is 46.0 Å². The number of pyridine rings is 1. The molecule has 0 aliphatic carbocycles. The molecule has 0 fully saturated rings. The van der Waals surface area contributed by atoms with Gasteiger partial charge in [0, 0.05) is 18.6 Å². The zero-order valence-electron chi connectivity index (χ0n) is 21.3. The topological polar surface area (TPSA) is 133 Å². The fourth-order valence-corrected chi connectivity index (χ4v) is 3.36. The minimum atomic E-state index is -0.313. The van der Waals surface area contributed by atoms with Crippen molar-refractivity contribution in [3.8, 4) is 5.75 Å². The fraction of sp³-hybridized carbons (Fsp3) is 0.222. The number of aliphatic imine (C=N–C) groups is 1. The molecule has 4 aromatic rings. The third-order valence-corrected chi connectivity index (χ3v) is 5.44. The Balaban J connectivity index is 0.000000364. The zero-order chi connectivity index (χ0) is 26.8. The van der Waals surface area contributed by atoms with Gasteiger partial charge in [0.15, 0.2) is 0 Å². The fourth-order valence-electron chi connectivity index (χ4n) is 3.36. The molecule has 192 valence electrons. The number of carbonyl (C=O) groups is 2. The summed E-state index contributed by atoms with van der Waals surface area (Å²) in [5.41, 5.74) is 3.10. The summed E-state index contributed by atoms with van der Waals surface area (Å²) >= 11 is 0. The summed E-state index contributed by atoms with van der Waals surface area (Å²) in [6, 6.07) is 13.4. The first-order valence-corrected chi connectivity index (χ1v) is 11.8. The molecule has 10 heteroatoms. The minimum absolute atomic E-state index is 0.138. The van der Waals surface area contributed by atoms with E-state index in [2.05, 4.69) is 49.4 Å². The standard InChI is InChI=1S/C22H22N4O2.C5H9N3O/c1-4-14(3)28-17-9-8-15-12-23-19(11-16(15)10-17)21(27)26-22-24-18-7-5-6-13(2)20(18)25-22;1-3-7-5(6-2)8-4-9/h5-12,14H,4H2,1-3H3,(H2,24,25,26,27);3-4H,1H2,2H3,(H2,6,7,8,9). The van der Waals surface area contributed by atoms with E-state index in [1.165, 1.54) is 6.20 Å². The molecule has 0 saturated carbocycles. The average Bonchev–Trinajstić information content (AvgIpc) is 3.32. The van der Waals surface area contributed by atoms with E-state index in [9.17, 15) is 9.59 Å². The van der Waals surface area contributed by atoms with Crippen LogP contribution in [0.5, 0.6) is 5.75 Å². The Morgan fingerprint density at radius 2 is 2.03 bits per heavy atom. The van der Waals surface area contributed by atoms with E-state index in [1.807, 2.05) is 50.2 Å². The van der Waals surface area contributed by atoms with Crippen molar-refractivity contribution in [2.45, 2.75) is 33.3 Å². The van der Waals surface area contributed by atoms with Gasteiger partial charge in [-0.25, -0.2) is 4.98 Å². The molecule has 1 atom stereocenters. The van der Waals surface area contributed by atoms with Crippen molar-refractivity contribution in [2.75, 3.05) is 12.4 Å². The number of anilines is 1. The molecule has 10 nitrogen and oxygen atoms in total. The number of hydrogen-bond donors (Lipinski definition) is 4. The molecule has 2 aromatic heterocycles. The van der Waals surface area contributed by atoms with Crippen LogP contribution in [0, 0.1) is 6.92 Å². The van der Waals surface area contributed by atoms with E-state index in [4.69, 9.17) is 4.74 Å². The Hall–Kier alpha value is -4.73. The van der Waals surface area contributed by atoms with E-state index in [-0.39, 0.29) is 12.0 Å². The molecule has 1 unspecified atom stereocenters. The van der Waals surface area contributed by atoms with E-state index in [0.717, 1.165) is 39.5 Å². The number of ether oxygens (including phenoxy) is 1. The maximum Gasteiger partial charge on any atom is 0.276 e. The number of para-hydroxylation sites is 1. The van der Waals surface area contributed by atoms with Crippen LogP contribution < -0.4 is 20.7 Å². The molecule has 0 bridgehead atoms. The maximum absolute atomic E-state index is 12.7. The summed E-state index contributed by atoms with van der Waals surface area (Å²) < 4.78 is 5.88. The lowest BCUT2D eigenvalue weighted by molar-refractivity contribution is -0.108. The number of carbonyl (C=O) groups excluding carboxylic acids is 2. The lowest BCUT2D eigenvalue weighted by atomic mass is 10.1. The van der Waals surface area contributed by atoms with Gasteiger partial charge in [0.05, 0.1) is 17.1 Å². The number of nitrogens with one attached hydrogen (secondary N) is 4. The quantitative estimate of drug-likeness (QED) is 0.170. The molecule has 0 radical (unpaired) electrons. The van der Waals surface area contributed by atoms with Crippen molar-refractivity contribution in [1.82, 2.24) is 25.6 Å². The lowest BCUT2D eigenvalue weighted by Crippen LogP contribution is -2.32. The number of benzene rings is 2. The number of aryl methyl sites for hydroxylation is 1. The van der Waals surface area contributed by atoms with Gasteiger partial charge in [-0.1, -0.05) is 25.6 Å². The Kier molecular flexibility index (Phi) is 9.31. The van der Waals surface area contributed by atoms with Gasteiger partial charge in [-0.05, 0) is 67.7 Å². The first-order chi connectivity index (χ1) is 17.9. The number of nitrogens with zero attached hydrogens (tertiary/aromatic N) is 3. The van der Waals surface area contributed by atoms with Crippen molar-refractivity contribution < 1.29 is 14.3 Å². The van der Waals surface area contributed by atoms with Crippen LogP contribution in [0.2, 0.25) is 0 Å². The molecule has 4 N–H and O–H groups in total. The van der Waals surface area contributed by atoms with Crippen LogP contribution in [0.25, 0.3) is 21.8 Å². The summed E-state index contributed by atoms with van der Waals surface area (Å²) in [7, 11) is 1.56. The highest BCUT2D eigenvalue weighted by atomic mass is 16.5. The summed E-state index contributed by atoms with van der Waals surface area (Å²) in [5.74, 6) is 1.27. The van der Waals surface area contributed by atoms with Crippen molar-refractivity contribution in [3.05, 3.63) is 72.7 Å². The van der Waals surface area contributed by atoms with Crippen LogP contribution in [0.1, 0.15) is 36.3 Å². The molecule has 0 spiro atoms. The first kappa shape index (κ1) is 26.9. The van der Waals surface area contributed by atoms with E-state index in [0.29, 0.717) is 24.0 Å². The van der Waals surface area contributed by atoms with E-state index < -0.39 is 0 Å². The lowest BCUT2D eigenvalue weighted by Gasteiger charge is -2.13. The van der Waals surface area contributed by atoms with Crippen LogP contribution in [0.3, 0.4) is 0 Å². The number of aromatic nitrogens is 3. The molecule has 0 aliphatic heterocycles. The van der Waals surface area contributed by atoms with Gasteiger partial charge in [0.25, 0.3) is 5.91 Å². The number of fused-ring (bicyclic) bond motifs is 2. The number of aromatic amines is 1. The molecular formula is C27H31N7O3. The monoisotopic (exact) mass is 501 g/mol. The second kappa shape index (κ2) is 12.8.